The molecule has 0 aliphatic rings. The molecule has 1 aromatic carbocycles. The first-order chi connectivity index (χ1) is 9.02. The fraction of sp³-hybridized carbons (Fsp3) is 0.385. The average Bonchev–Trinajstić information content (AvgIpc) is 2.38. The Hall–Kier alpha value is -2.11. The molecule has 3 N–H and O–H groups in total. The molecular weight excluding hydrogens is 249 g/mol. The Morgan fingerprint density at radius 2 is 1.89 bits per heavy atom. The number of nitrogens with one attached hydrogen (secondary N) is 3. The molecule has 1 atom stereocenters. The molecule has 5 nitrogen and oxygen atoms in total. The van der Waals surface area contributed by atoms with E-state index in [9.17, 15) is 14.0 Å². The Morgan fingerprint density at radius 3 is 2.47 bits per heavy atom. The minimum atomic E-state index is -0.632. The lowest BCUT2D eigenvalue weighted by Gasteiger charge is -2.14. The van der Waals surface area contributed by atoms with Crippen LogP contribution in [0.15, 0.2) is 24.3 Å². The van der Waals surface area contributed by atoms with E-state index in [4.69, 9.17) is 0 Å². The van der Waals surface area contributed by atoms with Crippen LogP contribution in [0.25, 0.3) is 0 Å². The summed E-state index contributed by atoms with van der Waals surface area (Å²) in [4.78, 5) is 23.1. The number of rotatable bonds is 5. The molecule has 0 fully saturated rings. The van der Waals surface area contributed by atoms with Crippen LogP contribution >= 0.6 is 0 Å². The van der Waals surface area contributed by atoms with E-state index in [0.29, 0.717) is 12.2 Å². The minimum absolute atomic E-state index is 0.240. The van der Waals surface area contributed by atoms with Crippen molar-refractivity contribution in [2.45, 2.75) is 26.3 Å². The lowest BCUT2D eigenvalue weighted by molar-refractivity contribution is -0.122. The zero-order chi connectivity index (χ0) is 14.3. The van der Waals surface area contributed by atoms with Crippen molar-refractivity contribution in [2.75, 3.05) is 11.9 Å². The van der Waals surface area contributed by atoms with Crippen LogP contribution in [0.2, 0.25) is 0 Å². The summed E-state index contributed by atoms with van der Waals surface area (Å²) in [5.41, 5.74) is 0.458. The number of carbonyl (C=O) groups excluding carboxylic acids is 2. The molecular formula is C13H18FN3O2. The molecule has 0 aliphatic heterocycles. The average molecular weight is 267 g/mol. The van der Waals surface area contributed by atoms with Gasteiger partial charge in [-0.1, -0.05) is 6.92 Å². The number of halogens is 1. The smallest absolute Gasteiger partial charge is 0.319 e. The molecule has 1 unspecified atom stereocenters. The van der Waals surface area contributed by atoms with Crippen molar-refractivity contribution < 1.29 is 14.0 Å². The lowest BCUT2D eigenvalue weighted by atomic mass is 10.3. The van der Waals surface area contributed by atoms with Crippen molar-refractivity contribution in [1.82, 2.24) is 10.6 Å². The molecule has 0 aromatic heterocycles. The molecule has 0 aliphatic carbocycles. The van der Waals surface area contributed by atoms with Gasteiger partial charge in [-0.25, -0.2) is 9.18 Å². The highest BCUT2D eigenvalue weighted by atomic mass is 19.1. The molecule has 1 aromatic rings. The second-order valence-corrected chi connectivity index (χ2v) is 4.12. The second kappa shape index (κ2) is 7.35. The van der Waals surface area contributed by atoms with Crippen molar-refractivity contribution in [1.29, 1.82) is 0 Å². The SMILES string of the molecule is CCCNC(=O)C(C)NC(=O)Nc1ccc(F)cc1. The zero-order valence-corrected chi connectivity index (χ0v) is 11.0. The Labute approximate surface area is 111 Å². The van der Waals surface area contributed by atoms with Gasteiger partial charge in [-0.3, -0.25) is 4.79 Å². The summed E-state index contributed by atoms with van der Waals surface area (Å²) in [5.74, 6) is -0.616. The van der Waals surface area contributed by atoms with E-state index in [1.165, 1.54) is 24.3 Å². The van der Waals surface area contributed by atoms with E-state index in [1.807, 2.05) is 6.92 Å². The number of anilines is 1. The van der Waals surface area contributed by atoms with Gasteiger partial charge in [0.25, 0.3) is 0 Å². The van der Waals surface area contributed by atoms with Crippen LogP contribution in [0, 0.1) is 5.82 Å². The molecule has 19 heavy (non-hydrogen) atoms. The van der Waals surface area contributed by atoms with Gasteiger partial charge in [0.05, 0.1) is 0 Å². The first-order valence-electron chi connectivity index (χ1n) is 6.13. The van der Waals surface area contributed by atoms with E-state index in [1.54, 1.807) is 6.92 Å². The molecule has 0 heterocycles. The number of urea groups is 1. The van der Waals surface area contributed by atoms with Gasteiger partial charge in [0.2, 0.25) is 5.91 Å². The maximum Gasteiger partial charge on any atom is 0.319 e. The Morgan fingerprint density at radius 1 is 1.26 bits per heavy atom. The molecule has 0 saturated heterocycles. The molecule has 0 saturated carbocycles. The minimum Gasteiger partial charge on any atom is -0.354 e. The summed E-state index contributed by atoms with van der Waals surface area (Å²) in [6, 6.07) is 4.23. The van der Waals surface area contributed by atoms with Gasteiger partial charge in [0, 0.05) is 12.2 Å². The van der Waals surface area contributed by atoms with Crippen molar-refractivity contribution in [2.24, 2.45) is 0 Å². The van der Waals surface area contributed by atoms with Crippen LogP contribution < -0.4 is 16.0 Å². The van der Waals surface area contributed by atoms with Gasteiger partial charge < -0.3 is 16.0 Å². The number of amides is 3. The summed E-state index contributed by atoms with van der Waals surface area (Å²) < 4.78 is 12.7. The summed E-state index contributed by atoms with van der Waals surface area (Å²) in [7, 11) is 0. The summed E-state index contributed by atoms with van der Waals surface area (Å²) >= 11 is 0. The predicted molar refractivity (Wildman–Crippen MR) is 71.3 cm³/mol. The Bertz CT molecular complexity index is 434. The third-order valence-corrected chi connectivity index (χ3v) is 2.39. The fourth-order valence-electron chi connectivity index (χ4n) is 1.36. The maximum atomic E-state index is 12.7. The topological polar surface area (TPSA) is 70.2 Å². The highest BCUT2D eigenvalue weighted by molar-refractivity contribution is 5.93. The van der Waals surface area contributed by atoms with Gasteiger partial charge in [-0.15, -0.1) is 0 Å². The predicted octanol–water partition coefficient (Wildman–Crippen LogP) is 1.86. The molecule has 0 radical (unpaired) electrons. The third-order valence-electron chi connectivity index (χ3n) is 2.39. The number of hydrogen-bond acceptors (Lipinski definition) is 2. The van der Waals surface area contributed by atoms with Crippen molar-refractivity contribution in [3.05, 3.63) is 30.1 Å². The number of hydrogen-bond donors (Lipinski definition) is 3. The molecule has 0 bridgehead atoms. The molecule has 1 rings (SSSR count). The monoisotopic (exact) mass is 267 g/mol. The highest BCUT2D eigenvalue weighted by Crippen LogP contribution is 2.07. The van der Waals surface area contributed by atoms with E-state index in [0.717, 1.165) is 6.42 Å². The lowest BCUT2D eigenvalue weighted by Crippen LogP contribution is -2.46. The molecule has 3 amide bonds. The maximum absolute atomic E-state index is 12.7. The van der Waals surface area contributed by atoms with Gasteiger partial charge in [0.15, 0.2) is 0 Å². The van der Waals surface area contributed by atoms with E-state index in [2.05, 4.69) is 16.0 Å². The molecule has 104 valence electrons. The third kappa shape index (κ3) is 5.37. The van der Waals surface area contributed by atoms with Crippen LogP contribution in [0.4, 0.5) is 14.9 Å². The number of benzene rings is 1. The van der Waals surface area contributed by atoms with Gasteiger partial charge in [0.1, 0.15) is 11.9 Å². The van der Waals surface area contributed by atoms with E-state index in [-0.39, 0.29) is 11.7 Å². The van der Waals surface area contributed by atoms with Crippen molar-refractivity contribution in [3.63, 3.8) is 0 Å². The largest absolute Gasteiger partial charge is 0.354 e. The first-order valence-corrected chi connectivity index (χ1v) is 6.13. The van der Waals surface area contributed by atoms with E-state index >= 15 is 0 Å². The van der Waals surface area contributed by atoms with Crippen LogP contribution in [0.3, 0.4) is 0 Å². The summed E-state index contributed by atoms with van der Waals surface area (Å²) in [5, 5.41) is 7.69. The quantitative estimate of drug-likeness (QED) is 0.762. The molecule has 0 spiro atoms. The number of carbonyl (C=O) groups is 2. The standard InChI is InChI=1S/C13H18FN3O2/c1-3-8-15-12(18)9(2)16-13(19)17-11-6-4-10(14)5-7-11/h4-7,9H,3,8H2,1-2H3,(H,15,18)(H2,16,17,19). The van der Waals surface area contributed by atoms with Gasteiger partial charge in [-0.05, 0) is 37.6 Å². The van der Waals surface area contributed by atoms with Gasteiger partial charge >= 0.3 is 6.03 Å². The highest BCUT2D eigenvalue weighted by Gasteiger charge is 2.14. The van der Waals surface area contributed by atoms with Crippen LogP contribution in [0.5, 0.6) is 0 Å². The fourth-order valence-corrected chi connectivity index (χ4v) is 1.36. The van der Waals surface area contributed by atoms with E-state index < -0.39 is 12.1 Å². The zero-order valence-electron chi connectivity index (χ0n) is 11.0. The van der Waals surface area contributed by atoms with Crippen molar-refractivity contribution in [3.8, 4) is 0 Å². The van der Waals surface area contributed by atoms with Crippen molar-refractivity contribution >= 4 is 17.6 Å². The van der Waals surface area contributed by atoms with Crippen LogP contribution in [-0.2, 0) is 4.79 Å². The van der Waals surface area contributed by atoms with Crippen LogP contribution in [-0.4, -0.2) is 24.5 Å². The second-order valence-electron chi connectivity index (χ2n) is 4.12. The van der Waals surface area contributed by atoms with Crippen LogP contribution in [0.1, 0.15) is 20.3 Å². The summed E-state index contributed by atoms with van der Waals surface area (Å²) in [6.45, 7) is 4.11. The molecule has 6 heteroatoms. The normalized spacial score (nSPS) is 11.5. The Kier molecular flexibility index (Phi) is 5.78. The summed E-state index contributed by atoms with van der Waals surface area (Å²) in [6.07, 6.45) is 0.834. The Balaban J connectivity index is 2.42. The van der Waals surface area contributed by atoms with Gasteiger partial charge in [-0.2, -0.15) is 0 Å². The first kappa shape index (κ1) is 14.9.